The Labute approximate surface area is 105 Å². The first-order valence-electron chi connectivity index (χ1n) is 5.80. The van der Waals surface area contributed by atoms with Crippen molar-refractivity contribution in [1.29, 1.82) is 0 Å². The van der Waals surface area contributed by atoms with Gasteiger partial charge in [0.25, 0.3) is 0 Å². The van der Waals surface area contributed by atoms with Gasteiger partial charge in [0.05, 0.1) is 7.11 Å². The van der Waals surface area contributed by atoms with E-state index in [1.54, 1.807) is 18.3 Å². The van der Waals surface area contributed by atoms with E-state index in [0.29, 0.717) is 17.9 Å². The molecule has 1 unspecified atom stereocenters. The van der Waals surface area contributed by atoms with Crippen LogP contribution in [0.25, 0.3) is 0 Å². The fourth-order valence-corrected chi connectivity index (χ4v) is 1.87. The minimum absolute atomic E-state index is 0.0669. The molecule has 0 aromatic carbocycles. The molecule has 1 aromatic heterocycles. The molecule has 2 N–H and O–H groups in total. The molecule has 0 bridgehead atoms. The fraction of sp³-hybridized carbons (Fsp3) is 0.417. The molecule has 2 heterocycles. The lowest BCUT2D eigenvalue weighted by molar-refractivity contribution is -0.123. The third-order valence-corrected chi connectivity index (χ3v) is 2.81. The molecule has 2 rings (SSSR count). The van der Waals surface area contributed by atoms with Crippen LogP contribution in [-0.4, -0.2) is 36.6 Å². The third kappa shape index (κ3) is 2.58. The normalized spacial score (nSPS) is 18.9. The van der Waals surface area contributed by atoms with Gasteiger partial charge in [-0.2, -0.15) is 0 Å². The van der Waals surface area contributed by atoms with Crippen molar-refractivity contribution in [3.8, 4) is 0 Å². The molecule has 18 heavy (non-hydrogen) atoms. The number of piperidine rings is 1. The highest BCUT2D eigenvalue weighted by molar-refractivity contribution is 5.95. The number of amides is 1. The van der Waals surface area contributed by atoms with E-state index in [9.17, 15) is 9.59 Å². The van der Waals surface area contributed by atoms with E-state index in [1.807, 2.05) is 0 Å². The van der Waals surface area contributed by atoms with Crippen molar-refractivity contribution in [3.63, 3.8) is 0 Å². The summed E-state index contributed by atoms with van der Waals surface area (Å²) in [6.45, 7) is 0.698. The smallest absolute Gasteiger partial charge is 0.341 e. The van der Waals surface area contributed by atoms with Gasteiger partial charge < -0.3 is 15.4 Å². The number of nitrogens with zero attached hydrogens (tertiary/aromatic N) is 1. The number of aromatic nitrogens is 1. The number of rotatable bonds is 3. The second-order valence-electron chi connectivity index (χ2n) is 4.02. The van der Waals surface area contributed by atoms with Crippen molar-refractivity contribution < 1.29 is 14.3 Å². The Morgan fingerprint density at radius 2 is 2.44 bits per heavy atom. The summed E-state index contributed by atoms with van der Waals surface area (Å²) in [4.78, 5) is 27.3. The summed E-state index contributed by atoms with van der Waals surface area (Å²) >= 11 is 0. The van der Waals surface area contributed by atoms with E-state index in [1.165, 1.54) is 7.11 Å². The first-order valence-corrected chi connectivity index (χ1v) is 5.80. The molecule has 1 amide bonds. The molecule has 6 heteroatoms. The van der Waals surface area contributed by atoms with Gasteiger partial charge >= 0.3 is 5.97 Å². The average Bonchev–Trinajstić information content (AvgIpc) is 2.41. The summed E-state index contributed by atoms with van der Waals surface area (Å²) in [6, 6.07) is 2.91. The van der Waals surface area contributed by atoms with E-state index in [4.69, 9.17) is 0 Å². The lowest BCUT2D eigenvalue weighted by Crippen LogP contribution is -2.44. The van der Waals surface area contributed by atoms with Crippen LogP contribution in [0.15, 0.2) is 18.3 Å². The fourth-order valence-electron chi connectivity index (χ4n) is 1.87. The molecule has 0 saturated carbocycles. The zero-order valence-electron chi connectivity index (χ0n) is 10.1. The number of pyridine rings is 1. The highest BCUT2D eigenvalue weighted by atomic mass is 16.5. The van der Waals surface area contributed by atoms with Crippen LogP contribution < -0.4 is 10.6 Å². The van der Waals surface area contributed by atoms with E-state index < -0.39 is 5.97 Å². The Hall–Kier alpha value is -2.11. The number of esters is 1. The maximum atomic E-state index is 11.6. The number of hydrogen-bond acceptors (Lipinski definition) is 5. The summed E-state index contributed by atoms with van der Waals surface area (Å²) in [5.74, 6) is -0.157. The molecule has 6 nitrogen and oxygen atoms in total. The molecule has 0 spiro atoms. The van der Waals surface area contributed by atoms with Crippen LogP contribution in [0.5, 0.6) is 0 Å². The van der Waals surface area contributed by atoms with Crippen LogP contribution >= 0.6 is 0 Å². The van der Waals surface area contributed by atoms with Crippen molar-refractivity contribution in [1.82, 2.24) is 10.3 Å². The number of methoxy groups -OCH3 is 1. The van der Waals surface area contributed by atoms with Gasteiger partial charge in [0, 0.05) is 12.7 Å². The van der Waals surface area contributed by atoms with Crippen LogP contribution in [0.4, 0.5) is 5.82 Å². The molecule has 96 valence electrons. The average molecular weight is 249 g/mol. The molecule has 1 atom stereocenters. The summed E-state index contributed by atoms with van der Waals surface area (Å²) in [5.41, 5.74) is 0.332. The molecule has 0 radical (unpaired) electrons. The monoisotopic (exact) mass is 249 g/mol. The van der Waals surface area contributed by atoms with Crippen molar-refractivity contribution >= 4 is 17.7 Å². The maximum absolute atomic E-state index is 11.6. The summed E-state index contributed by atoms with van der Waals surface area (Å²) < 4.78 is 4.67. The second kappa shape index (κ2) is 5.48. The molecular weight excluding hydrogens is 234 g/mol. The van der Waals surface area contributed by atoms with Crippen molar-refractivity contribution in [2.24, 2.45) is 0 Å². The zero-order chi connectivity index (χ0) is 13.0. The van der Waals surface area contributed by atoms with Gasteiger partial charge in [0.1, 0.15) is 17.4 Å². The predicted molar refractivity (Wildman–Crippen MR) is 65.2 cm³/mol. The maximum Gasteiger partial charge on any atom is 0.341 e. The van der Waals surface area contributed by atoms with Gasteiger partial charge in [-0.15, -0.1) is 0 Å². The first-order chi connectivity index (χ1) is 8.72. The van der Waals surface area contributed by atoms with Gasteiger partial charge in [-0.3, -0.25) is 4.79 Å². The van der Waals surface area contributed by atoms with E-state index in [2.05, 4.69) is 20.4 Å². The van der Waals surface area contributed by atoms with Crippen LogP contribution in [-0.2, 0) is 9.53 Å². The number of ether oxygens (including phenoxy) is 1. The second-order valence-corrected chi connectivity index (χ2v) is 4.02. The van der Waals surface area contributed by atoms with Crippen molar-refractivity contribution in [2.75, 3.05) is 19.0 Å². The Morgan fingerprint density at radius 3 is 3.17 bits per heavy atom. The first kappa shape index (κ1) is 12.3. The van der Waals surface area contributed by atoms with Gasteiger partial charge in [-0.05, 0) is 25.0 Å². The standard InChI is InChI=1S/C12H15N3O3/c1-18-12(17)8-4-2-6-13-10(8)15-9-5-3-7-14-11(9)16/h2,4,6,9H,3,5,7H2,1H3,(H,13,15)(H,14,16). The molecule has 0 aliphatic carbocycles. The quantitative estimate of drug-likeness (QED) is 0.765. The summed E-state index contributed by atoms with van der Waals surface area (Å²) in [5, 5.41) is 5.76. The summed E-state index contributed by atoms with van der Waals surface area (Å²) in [7, 11) is 1.31. The van der Waals surface area contributed by atoms with Crippen LogP contribution in [0.2, 0.25) is 0 Å². The number of hydrogen-bond donors (Lipinski definition) is 2. The highest BCUT2D eigenvalue weighted by Crippen LogP contribution is 2.16. The lowest BCUT2D eigenvalue weighted by atomic mass is 10.1. The van der Waals surface area contributed by atoms with Gasteiger partial charge in [-0.25, -0.2) is 9.78 Å². The van der Waals surface area contributed by atoms with Gasteiger partial charge in [-0.1, -0.05) is 0 Å². The largest absolute Gasteiger partial charge is 0.465 e. The third-order valence-electron chi connectivity index (χ3n) is 2.81. The van der Waals surface area contributed by atoms with Crippen molar-refractivity contribution in [3.05, 3.63) is 23.9 Å². The minimum atomic E-state index is -0.471. The van der Waals surface area contributed by atoms with Crippen LogP contribution in [0, 0.1) is 0 Å². The lowest BCUT2D eigenvalue weighted by Gasteiger charge is -2.23. The van der Waals surface area contributed by atoms with Crippen molar-refractivity contribution in [2.45, 2.75) is 18.9 Å². The Morgan fingerprint density at radius 1 is 1.61 bits per heavy atom. The van der Waals surface area contributed by atoms with E-state index in [-0.39, 0.29) is 11.9 Å². The predicted octanol–water partition coefficient (Wildman–Crippen LogP) is 0.559. The Bertz CT molecular complexity index is 462. The topological polar surface area (TPSA) is 80.3 Å². The van der Waals surface area contributed by atoms with E-state index >= 15 is 0 Å². The van der Waals surface area contributed by atoms with E-state index in [0.717, 1.165) is 12.8 Å². The number of nitrogens with one attached hydrogen (secondary N) is 2. The Balaban J connectivity index is 2.18. The molecule has 1 saturated heterocycles. The molecule has 1 aromatic rings. The van der Waals surface area contributed by atoms with Gasteiger partial charge in [0.2, 0.25) is 5.91 Å². The zero-order valence-corrected chi connectivity index (χ0v) is 10.1. The molecule has 1 fully saturated rings. The highest BCUT2D eigenvalue weighted by Gasteiger charge is 2.24. The minimum Gasteiger partial charge on any atom is -0.465 e. The summed E-state index contributed by atoms with van der Waals surface area (Å²) in [6.07, 6.45) is 3.20. The number of carbonyl (C=O) groups is 2. The molecule has 1 aliphatic heterocycles. The molecule has 1 aliphatic rings. The Kier molecular flexibility index (Phi) is 3.76. The number of anilines is 1. The van der Waals surface area contributed by atoms with Crippen LogP contribution in [0.1, 0.15) is 23.2 Å². The SMILES string of the molecule is COC(=O)c1cccnc1NC1CCCNC1=O. The van der Waals surface area contributed by atoms with Crippen LogP contribution in [0.3, 0.4) is 0 Å². The molecular formula is C12H15N3O3. The van der Waals surface area contributed by atoms with Gasteiger partial charge in [0.15, 0.2) is 0 Å². The number of carbonyl (C=O) groups excluding carboxylic acids is 2.